The van der Waals surface area contributed by atoms with Gasteiger partial charge in [0, 0.05) is 25.8 Å². The molecule has 4 heteroatoms. The third-order valence-corrected chi connectivity index (χ3v) is 2.69. The number of ether oxygens (including phenoxy) is 1. The molecule has 0 N–H and O–H groups in total. The maximum absolute atomic E-state index is 5.31. The van der Waals surface area contributed by atoms with Crippen LogP contribution in [0.5, 0.6) is 0 Å². The molecule has 1 fully saturated rings. The highest BCUT2D eigenvalue weighted by molar-refractivity contribution is 5.46. The largest absolute Gasteiger partial charge is 0.379 e. The molecule has 86 valence electrons. The third-order valence-electron chi connectivity index (χ3n) is 2.69. The normalized spacial score (nSPS) is 17.2. The minimum atomic E-state index is 0.816. The van der Waals surface area contributed by atoms with Crippen molar-refractivity contribution in [3.8, 4) is 0 Å². The molecule has 0 spiro atoms. The van der Waals surface area contributed by atoms with E-state index < -0.39 is 0 Å². The Morgan fingerprint density at radius 2 is 2.12 bits per heavy atom. The van der Waals surface area contributed by atoms with Gasteiger partial charge in [-0.15, -0.1) is 0 Å². The van der Waals surface area contributed by atoms with Gasteiger partial charge in [-0.2, -0.15) is 5.10 Å². The van der Waals surface area contributed by atoms with E-state index in [9.17, 15) is 0 Å². The van der Waals surface area contributed by atoms with Crippen LogP contribution >= 0.6 is 0 Å². The summed E-state index contributed by atoms with van der Waals surface area (Å²) in [4.78, 5) is 2.34. The van der Waals surface area contributed by atoms with Crippen LogP contribution in [0.4, 0.5) is 0 Å². The van der Waals surface area contributed by atoms with Crippen molar-refractivity contribution in [1.82, 2.24) is 14.7 Å². The maximum Gasteiger partial charge on any atom is 0.0775 e. The number of aromatic nitrogens is 2. The average molecular weight is 219 g/mol. The van der Waals surface area contributed by atoms with Gasteiger partial charge in [-0.25, -0.2) is 4.68 Å². The summed E-state index contributed by atoms with van der Waals surface area (Å²) < 4.78 is 7.06. The van der Waals surface area contributed by atoms with Crippen molar-refractivity contribution in [3.63, 3.8) is 0 Å². The number of hydrogen-bond acceptors (Lipinski definition) is 3. The van der Waals surface area contributed by atoms with Gasteiger partial charge < -0.3 is 4.74 Å². The second-order valence-electron chi connectivity index (χ2n) is 3.78. The molecule has 1 aromatic rings. The smallest absolute Gasteiger partial charge is 0.0775 e. The maximum atomic E-state index is 5.31. The molecule has 1 saturated heterocycles. The van der Waals surface area contributed by atoms with Crippen molar-refractivity contribution in [2.45, 2.75) is 6.54 Å². The summed E-state index contributed by atoms with van der Waals surface area (Å²) in [6, 6.07) is 2.05. The first-order valence-corrected chi connectivity index (χ1v) is 5.47. The Morgan fingerprint density at radius 1 is 1.38 bits per heavy atom. The Balaban J connectivity index is 2.05. The van der Waals surface area contributed by atoms with Crippen LogP contribution in [0.1, 0.15) is 11.4 Å². The van der Waals surface area contributed by atoms with Crippen molar-refractivity contribution >= 4 is 12.3 Å². The molecule has 0 saturated carbocycles. The van der Waals surface area contributed by atoms with Gasteiger partial charge in [0.2, 0.25) is 0 Å². The molecule has 0 bridgehead atoms. The van der Waals surface area contributed by atoms with Crippen LogP contribution in [0.15, 0.2) is 19.2 Å². The van der Waals surface area contributed by atoms with Crippen LogP contribution in [0.2, 0.25) is 0 Å². The lowest BCUT2D eigenvalue weighted by molar-refractivity contribution is 0.0336. The van der Waals surface area contributed by atoms with Gasteiger partial charge in [0.25, 0.3) is 0 Å². The predicted molar refractivity (Wildman–Crippen MR) is 64.8 cm³/mol. The summed E-state index contributed by atoms with van der Waals surface area (Å²) in [5, 5.41) is 4.44. The van der Waals surface area contributed by atoms with Crippen molar-refractivity contribution in [3.05, 3.63) is 30.6 Å². The molecule has 2 rings (SSSR count). The number of nitrogens with zero attached hydrogens (tertiary/aromatic N) is 3. The monoisotopic (exact) mass is 219 g/mol. The molecule has 4 nitrogen and oxygen atoms in total. The summed E-state index contributed by atoms with van der Waals surface area (Å²) in [5.74, 6) is 0. The molecule has 0 amide bonds. The lowest BCUT2D eigenvalue weighted by atomic mass is 10.3. The van der Waals surface area contributed by atoms with E-state index in [2.05, 4.69) is 23.2 Å². The molecule has 0 atom stereocenters. The molecule has 1 aliphatic heterocycles. The van der Waals surface area contributed by atoms with Gasteiger partial charge in [0.05, 0.1) is 24.6 Å². The van der Waals surface area contributed by atoms with Gasteiger partial charge >= 0.3 is 0 Å². The van der Waals surface area contributed by atoms with E-state index in [1.54, 1.807) is 17.0 Å². The highest BCUT2D eigenvalue weighted by Crippen LogP contribution is 2.10. The van der Waals surface area contributed by atoms with Crippen LogP contribution in [-0.2, 0) is 11.3 Å². The first-order chi connectivity index (χ1) is 7.83. The van der Waals surface area contributed by atoms with Gasteiger partial charge in [0.1, 0.15) is 0 Å². The minimum absolute atomic E-state index is 0.816. The fourth-order valence-electron chi connectivity index (χ4n) is 1.83. The molecular formula is C12H17N3O. The van der Waals surface area contributed by atoms with Crippen molar-refractivity contribution in [2.75, 3.05) is 26.3 Å². The molecule has 1 aliphatic rings. The molecule has 2 heterocycles. The van der Waals surface area contributed by atoms with E-state index >= 15 is 0 Å². The molecule has 1 aromatic heterocycles. The second-order valence-corrected chi connectivity index (χ2v) is 3.78. The van der Waals surface area contributed by atoms with Crippen LogP contribution in [0.3, 0.4) is 0 Å². The first-order valence-electron chi connectivity index (χ1n) is 5.47. The standard InChI is InChI=1S/C12H17N3O/c1-3-12-9-11(13-15(12)4-2)10-14-5-7-16-8-6-14/h3-4,9H,1-2,5-8,10H2. The Labute approximate surface area is 95.8 Å². The third kappa shape index (κ3) is 2.40. The lowest BCUT2D eigenvalue weighted by Crippen LogP contribution is -2.35. The Bertz CT molecular complexity index is 352. The number of rotatable bonds is 4. The van der Waals surface area contributed by atoms with Gasteiger partial charge in [-0.3, -0.25) is 4.90 Å². The van der Waals surface area contributed by atoms with E-state index in [4.69, 9.17) is 4.74 Å². The van der Waals surface area contributed by atoms with Gasteiger partial charge in [-0.05, 0) is 12.1 Å². The zero-order chi connectivity index (χ0) is 11.4. The summed E-state index contributed by atoms with van der Waals surface area (Å²) >= 11 is 0. The van der Waals surface area contributed by atoms with E-state index in [0.29, 0.717) is 0 Å². The summed E-state index contributed by atoms with van der Waals surface area (Å²) in [5.41, 5.74) is 2.04. The minimum Gasteiger partial charge on any atom is -0.379 e. The average Bonchev–Trinajstić information content (AvgIpc) is 2.72. The highest BCUT2D eigenvalue weighted by atomic mass is 16.5. The predicted octanol–water partition coefficient (Wildman–Crippen LogP) is 1.46. The highest BCUT2D eigenvalue weighted by Gasteiger charge is 2.12. The van der Waals surface area contributed by atoms with Crippen LogP contribution in [0, 0.1) is 0 Å². The van der Waals surface area contributed by atoms with Gasteiger partial charge in [-0.1, -0.05) is 13.2 Å². The lowest BCUT2D eigenvalue weighted by Gasteiger charge is -2.25. The van der Waals surface area contributed by atoms with Crippen LogP contribution in [0.25, 0.3) is 12.3 Å². The summed E-state index contributed by atoms with van der Waals surface area (Å²) in [7, 11) is 0. The Morgan fingerprint density at radius 3 is 2.69 bits per heavy atom. The van der Waals surface area contributed by atoms with E-state index in [0.717, 1.165) is 44.2 Å². The zero-order valence-electron chi connectivity index (χ0n) is 9.43. The first kappa shape index (κ1) is 11.1. The molecule has 0 unspecified atom stereocenters. The molecule has 0 aromatic carbocycles. The Hall–Kier alpha value is -1.39. The van der Waals surface area contributed by atoms with E-state index in [1.165, 1.54) is 0 Å². The number of hydrogen-bond donors (Lipinski definition) is 0. The SMILES string of the molecule is C=Cc1cc(CN2CCOCC2)nn1C=C. The second kappa shape index (κ2) is 5.09. The summed E-state index contributed by atoms with van der Waals surface area (Å²) in [6.45, 7) is 11.9. The Kier molecular flexibility index (Phi) is 3.54. The van der Waals surface area contributed by atoms with E-state index in [1.807, 2.05) is 6.07 Å². The van der Waals surface area contributed by atoms with Gasteiger partial charge in [0.15, 0.2) is 0 Å². The van der Waals surface area contributed by atoms with Crippen LogP contribution < -0.4 is 0 Å². The quantitative estimate of drug-likeness (QED) is 0.768. The molecule has 0 aliphatic carbocycles. The number of morpholine rings is 1. The zero-order valence-corrected chi connectivity index (χ0v) is 9.43. The molecular weight excluding hydrogens is 202 g/mol. The summed E-state index contributed by atoms with van der Waals surface area (Å²) in [6.07, 6.45) is 3.48. The van der Waals surface area contributed by atoms with Crippen LogP contribution in [-0.4, -0.2) is 41.0 Å². The topological polar surface area (TPSA) is 30.3 Å². The van der Waals surface area contributed by atoms with Crippen molar-refractivity contribution in [1.29, 1.82) is 0 Å². The fraction of sp³-hybridized carbons (Fsp3) is 0.417. The van der Waals surface area contributed by atoms with Crippen molar-refractivity contribution in [2.24, 2.45) is 0 Å². The van der Waals surface area contributed by atoms with E-state index in [-0.39, 0.29) is 0 Å². The van der Waals surface area contributed by atoms with Crippen molar-refractivity contribution < 1.29 is 4.74 Å². The molecule has 16 heavy (non-hydrogen) atoms. The molecule has 0 radical (unpaired) electrons. The fourth-order valence-corrected chi connectivity index (χ4v) is 1.83.